The highest BCUT2D eigenvalue weighted by molar-refractivity contribution is 6.68. The molecule has 1 aliphatic rings. The summed E-state index contributed by atoms with van der Waals surface area (Å²) < 4.78 is -1.47. The molecule has 3 aromatic rings. The first-order valence-corrected chi connectivity index (χ1v) is 14.2. The summed E-state index contributed by atoms with van der Waals surface area (Å²) in [6.45, 7) is 6.32. The summed E-state index contributed by atoms with van der Waals surface area (Å²) in [6, 6.07) is 27.6. The monoisotopic (exact) mass is 564 g/mol. The zero-order valence-electron chi connectivity index (χ0n) is 22.5. The minimum Gasteiger partial charge on any atom is -0.378 e. The van der Waals surface area contributed by atoms with Crippen LogP contribution < -0.4 is 9.80 Å². The molecule has 5 heteroatoms. The lowest BCUT2D eigenvalue weighted by Gasteiger charge is -2.29. The second-order valence-corrected chi connectivity index (χ2v) is 12.1. The molecule has 0 radical (unpaired) electrons. The number of allylic oxidation sites excluding steroid dienone is 5. The lowest BCUT2D eigenvalue weighted by molar-refractivity contribution is 0.790. The molecule has 38 heavy (non-hydrogen) atoms. The van der Waals surface area contributed by atoms with Crippen LogP contribution in [-0.2, 0) is 0 Å². The molecule has 4 rings (SSSR count). The average molecular weight is 566 g/mol. The van der Waals surface area contributed by atoms with Gasteiger partial charge in [0, 0.05) is 38.6 Å². The van der Waals surface area contributed by atoms with Crippen molar-refractivity contribution in [2.45, 2.75) is 30.0 Å². The van der Waals surface area contributed by atoms with Gasteiger partial charge in [0.1, 0.15) is 0 Å². The van der Waals surface area contributed by atoms with Crippen molar-refractivity contribution in [3.63, 3.8) is 0 Å². The molecule has 1 aliphatic carbocycles. The number of rotatable bonds is 8. The zero-order valence-corrected chi connectivity index (χ0v) is 24.7. The van der Waals surface area contributed by atoms with E-state index in [1.54, 1.807) is 0 Å². The van der Waals surface area contributed by atoms with Gasteiger partial charge in [0.25, 0.3) is 0 Å². The Morgan fingerprint density at radius 3 is 1.84 bits per heavy atom. The Kier molecular flexibility index (Phi) is 9.31. The summed E-state index contributed by atoms with van der Waals surface area (Å²) in [7, 11) is 4.11. The Morgan fingerprint density at radius 2 is 1.34 bits per heavy atom. The highest BCUT2D eigenvalue weighted by Crippen LogP contribution is 2.48. The van der Waals surface area contributed by atoms with Crippen LogP contribution in [0.25, 0.3) is 5.57 Å². The predicted octanol–water partition coefficient (Wildman–Crippen LogP) is 9.44. The molecular weight excluding hydrogens is 531 g/mol. The van der Waals surface area contributed by atoms with Crippen molar-refractivity contribution in [1.82, 2.24) is 0 Å². The quantitative estimate of drug-likeness (QED) is 0.251. The second-order valence-electron chi connectivity index (χ2n) is 9.70. The fourth-order valence-electron chi connectivity index (χ4n) is 5.10. The lowest BCUT2D eigenvalue weighted by Crippen LogP contribution is -2.21. The van der Waals surface area contributed by atoms with Gasteiger partial charge in [-0.3, -0.25) is 0 Å². The summed E-state index contributed by atoms with van der Waals surface area (Å²) >= 11 is 19.8. The van der Waals surface area contributed by atoms with Gasteiger partial charge in [-0.15, -0.1) is 0 Å². The van der Waals surface area contributed by atoms with E-state index < -0.39 is 3.79 Å². The van der Waals surface area contributed by atoms with Gasteiger partial charge in [-0.2, -0.15) is 0 Å². The number of anilines is 2. The molecule has 0 saturated heterocycles. The third-order valence-electron chi connectivity index (χ3n) is 7.07. The van der Waals surface area contributed by atoms with Gasteiger partial charge >= 0.3 is 0 Å². The first kappa shape index (κ1) is 28.4. The SMILES string of the molecule is CCN(CC)c1ccc(/C(=C2/C=CCC(C(c3ccccc3)C(Cl)(Cl)Cl)=C2)c2ccc(N(C)C)cc2)cc1. The first-order valence-electron chi connectivity index (χ1n) is 13.1. The molecule has 0 spiro atoms. The molecule has 0 amide bonds. The normalized spacial score (nSPS) is 15.6. The minimum atomic E-state index is -1.47. The molecule has 0 fully saturated rings. The molecule has 0 heterocycles. The number of nitrogens with zero attached hydrogens (tertiary/aromatic N) is 2. The van der Waals surface area contributed by atoms with Crippen molar-refractivity contribution >= 4 is 51.8 Å². The third kappa shape index (κ3) is 6.49. The Labute approximate surface area is 242 Å². The van der Waals surface area contributed by atoms with Crippen molar-refractivity contribution in [1.29, 1.82) is 0 Å². The fourth-order valence-corrected chi connectivity index (χ4v) is 5.90. The smallest absolute Gasteiger partial charge is 0.201 e. The Hall–Kier alpha value is -2.65. The summed E-state index contributed by atoms with van der Waals surface area (Å²) in [5, 5.41) is 0. The van der Waals surface area contributed by atoms with Crippen LogP contribution in [0.3, 0.4) is 0 Å². The van der Waals surface area contributed by atoms with Gasteiger partial charge in [0.15, 0.2) is 0 Å². The minimum absolute atomic E-state index is 0.351. The lowest BCUT2D eigenvalue weighted by atomic mass is 9.83. The van der Waals surface area contributed by atoms with Crippen molar-refractivity contribution in [3.8, 4) is 0 Å². The van der Waals surface area contributed by atoms with Crippen molar-refractivity contribution in [3.05, 3.63) is 125 Å². The molecule has 0 bridgehead atoms. The van der Waals surface area contributed by atoms with E-state index >= 15 is 0 Å². The molecule has 0 saturated carbocycles. The molecule has 198 valence electrons. The van der Waals surface area contributed by atoms with Crippen LogP contribution in [0, 0.1) is 0 Å². The van der Waals surface area contributed by atoms with E-state index in [2.05, 4.69) is 105 Å². The fraction of sp³-hybridized carbons (Fsp3) is 0.273. The van der Waals surface area contributed by atoms with E-state index in [1.165, 1.54) is 5.69 Å². The number of alkyl halides is 3. The molecule has 0 N–H and O–H groups in total. The Morgan fingerprint density at radius 1 is 0.789 bits per heavy atom. The molecular formula is C33H35Cl3N2. The van der Waals surface area contributed by atoms with Crippen LogP contribution in [0.1, 0.15) is 42.9 Å². The van der Waals surface area contributed by atoms with Gasteiger partial charge < -0.3 is 9.80 Å². The van der Waals surface area contributed by atoms with Gasteiger partial charge in [0.2, 0.25) is 3.79 Å². The van der Waals surface area contributed by atoms with Crippen LogP contribution in [0.2, 0.25) is 0 Å². The van der Waals surface area contributed by atoms with Crippen LogP contribution in [0.4, 0.5) is 11.4 Å². The average Bonchev–Trinajstić information content (AvgIpc) is 2.91. The van der Waals surface area contributed by atoms with E-state index in [4.69, 9.17) is 34.8 Å². The topological polar surface area (TPSA) is 6.48 Å². The van der Waals surface area contributed by atoms with Crippen LogP contribution in [0.5, 0.6) is 0 Å². The van der Waals surface area contributed by atoms with Crippen molar-refractivity contribution < 1.29 is 0 Å². The number of benzene rings is 3. The second kappa shape index (κ2) is 12.5. The van der Waals surface area contributed by atoms with Crippen LogP contribution in [-0.4, -0.2) is 31.0 Å². The van der Waals surface area contributed by atoms with E-state index in [0.717, 1.165) is 58.6 Å². The van der Waals surface area contributed by atoms with E-state index in [9.17, 15) is 0 Å². The number of halogens is 3. The summed E-state index contributed by atoms with van der Waals surface area (Å²) in [5.41, 5.74) is 9.02. The zero-order chi connectivity index (χ0) is 27.3. The predicted molar refractivity (Wildman–Crippen MR) is 168 cm³/mol. The van der Waals surface area contributed by atoms with Gasteiger partial charge in [0.05, 0.1) is 5.92 Å². The molecule has 2 nitrogen and oxygen atoms in total. The largest absolute Gasteiger partial charge is 0.378 e. The Bertz CT molecular complexity index is 1300. The summed E-state index contributed by atoms with van der Waals surface area (Å²) in [5.74, 6) is -0.351. The molecule has 3 aromatic carbocycles. The molecule has 1 unspecified atom stereocenters. The van der Waals surface area contributed by atoms with E-state index in [1.807, 2.05) is 30.3 Å². The standard InChI is InChI=1S/C33H35Cl3N2/c1-5-38(6-2)30-21-17-25(18-22-30)31(24-15-19-29(20-16-24)37(3)4)27-13-10-14-28(23-27)32(33(34,35)36)26-11-8-7-9-12-26/h7-13,15-23,32H,5-6,14H2,1-4H3/b31-27-. The van der Waals surface area contributed by atoms with Crippen molar-refractivity contribution in [2.75, 3.05) is 37.0 Å². The van der Waals surface area contributed by atoms with E-state index in [-0.39, 0.29) is 5.92 Å². The van der Waals surface area contributed by atoms with Crippen LogP contribution in [0.15, 0.2) is 108 Å². The maximum absolute atomic E-state index is 6.59. The van der Waals surface area contributed by atoms with Gasteiger partial charge in [-0.05, 0) is 72.4 Å². The third-order valence-corrected chi connectivity index (χ3v) is 7.72. The molecule has 1 atom stereocenters. The number of hydrogen-bond acceptors (Lipinski definition) is 2. The van der Waals surface area contributed by atoms with Gasteiger partial charge in [-0.25, -0.2) is 0 Å². The highest BCUT2D eigenvalue weighted by atomic mass is 35.6. The van der Waals surface area contributed by atoms with Crippen molar-refractivity contribution in [2.24, 2.45) is 0 Å². The number of hydrogen-bond donors (Lipinski definition) is 0. The highest BCUT2D eigenvalue weighted by Gasteiger charge is 2.36. The Balaban J connectivity index is 1.88. The molecule has 0 aliphatic heterocycles. The maximum Gasteiger partial charge on any atom is 0.201 e. The molecule has 0 aromatic heterocycles. The summed E-state index contributed by atoms with van der Waals surface area (Å²) in [4.78, 5) is 4.46. The first-order chi connectivity index (χ1) is 18.2. The van der Waals surface area contributed by atoms with E-state index in [0.29, 0.717) is 0 Å². The maximum atomic E-state index is 6.59. The summed E-state index contributed by atoms with van der Waals surface area (Å²) in [6.07, 6.45) is 7.31. The van der Waals surface area contributed by atoms with Crippen LogP contribution >= 0.6 is 34.8 Å². The van der Waals surface area contributed by atoms with Gasteiger partial charge in [-0.1, -0.05) is 113 Å².